The molecule has 3 aromatic carbocycles. The maximum absolute atomic E-state index is 12.6. The van der Waals surface area contributed by atoms with E-state index in [1.165, 1.54) is 0 Å². The predicted molar refractivity (Wildman–Crippen MR) is 91.7 cm³/mol. The molecule has 0 saturated heterocycles. The zero-order valence-electron chi connectivity index (χ0n) is 12.4. The molecule has 0 aliphatic heterocycles. The molecule has 0 heterocycles. The Balaban J connectivity index is 1.99. The van der Waals surface area contributed by atoms with Gasteiger partial charge in [-0.05, 0) is 18.2 Å². The van der Waals surface area contributed by atoms with E-state index >= 15 is 0 Å². The van der Waals surface area contributed by atoms with Crippen LogP contribution in [0.25, 0.3) is 0 Å². The van der Waals surface area contributed by atoms with E-state index in [2.05, 4.69) is 0 Å². The smallest absolute Gasteiger partial charge is 0.195 e. The normalized spacial score (nSPS) is 10.3. The van der Waals surface area contributed by atoms with E-state index in [0.29, 0.717) is 28.3 Å². The number of para-hydroxylation sites is 1. The van der Waals surface area contributed by atoms with Crippen molar-refractivity contribution < 1.29 is 9.53 Å². The van der Waals surface area contributed by atoms with E-state index in [1.54, 1.807) is 36.4 Å². The summed E-state index contributed by atoms with van der Waals surface area (Å²) in [5.41, 5.74) is 13.4. The Hall–Kier alpha value is -3.27. The molecule has 0 aliphatic rings. The van der Waals surface area contributed by atoms with E-state index in [-0.39, 0.29) is 11.5 Å². The first-order chi connectivity index (χ1) is 11.1. The molecular weight excluding hydrogens is 288 g/mol. The van der Waals surface area contributed by atoms with Crippen LogP contribution in [-0.4, -0.2) is 5.78 Å². The van der Waals surface area contributed by atoms with E-state index < -0.39 is 0 Å². The summed E-state index contributed by atoms with van der Waals surface area (Å²) < 4.78 is 5.75. The number of rotatable bonds is 4. The number of nitrogen functional groups attached to an aromatic ring is 2. The molecule has 0 saturated carbocycles. The largest absolute Gasteiger partial charge is 0.457 e. The Morgan fingerprint density at radius 1 is 0.783 bits per heavy atom. The number of anilines is 2. The minimum absolute atomic E-state index is 0.187. The number of hydrogen-bond donors (Lipinski definition) is 2. The number of ether oxygens (including phenoxy) is 1. The second-order valence-electron chi connectivity index (χ2n) is 5.08. The summed E-state index contributed by atoms with van der Waals surface area (Å²) in [6.07, 6.45) is 0. The Kier molecular flexibility index (Phi) is 3.97. The standard InChI is InChI=1S/C19H16N2O2/c20-17-12-15(23-14-9-5-2-6-10-14)11-16(18(17)21)19(22)13-7-3-1-4-8-13/h1-12H,20-21H2. The van der Waals surface area contributed by atoms with Gasteiger partial charge >= 0.3 is 0 Å². The van der Waals surface area contributed by atoms with Crippen molar-refractivity contribution in [1.29, 1.82) is 0 Å². The molecular formula is C19H16N2O2. The highest BCUT2D eigenvalue weighted by Crippen LogP contribution is 2.31. The molecule has 23 heavy (non-hydrogen) atoms. The molecule has 0 unspecified atom stereocenters. The second-order valence-corrected chi connectivity index (χ2v) is 5.08. The van der Waals surface area contributed by atoms with Gasteiger partial charge in [-0.1, -0.05) is 48.5 Å². The summed E-state index contributed by atoms with van der Waals surface area (Å²) in [7, 11) is 0. The molecule has 0 aliphatic carbocycles. The molecule has 0 aromatic heterocycles. The van der Waals surface area contributed by atoms with E-state index in [1.807, 2.05) is 36.4 Å². The lowest BCUT2D eigenvalue weighted by atomic mass is 10.0. The number of nitrogens with two attached hydrogens (primary N) is 2. The predicted octanol–water partition coefficient (Wildman–Crippen LogP) is 3.87. The summed E-state index contributed by atoms with van der Waals surface area (Å²) >= 11 is 0. The molecule has 0 bridgehead atoms. The van der Waals surface area contributed by atoms with Crippen LogP contribution in [-0.2, 0) is 0 Å². The molecule has 0 spiro atoms. The van der Waals surface area contributed by atoms with Gasteiger partial charge in [-0.2, -0.15) is 0 Å². The summed E-state index contributed by atoms with van der Waals surface area (Å²) in [5.74, 6) is 0.949. The molecule has 0 fully saturated rings. The van der Waals surface area contributed by atoms with Crippen molar-refractivity contribution in [2.45, 2.75) is 0 Å². The molecule has 114 valence electrons. The molecule has 4 N–H and O–H groups in total. The highest BCUT2D eigenvalue weighted by molar-refractivity contribution is 6.13. The lowest BCUT2D eigenvalue weighted by Crippen LogP contribution is -2.08. The molecule has 0 atom stereocenters. The zero-order chi connectivity index (χ0) is 16.2. The van der Waals surface area contributed by atoms with Crippen molar-refractivity contribution in [3.05, 3.63) is 83.9 Å². The fourth-order valence-electron chi connectivity index (χ4n) is 2.26. The minimum Gasteiger partial charge on any atom is -0.457 e. The van der Waals surface area contributed by atoms with Crippen LogP contribution in [0.5, 0.6) is 11.5 Å². The van der Waals surface area contributed by atoms with Gasteiger partial charge in [0.1, 0.15) is 11.5 Å². The van der Waals surface area contributed by atoms with Crippen molar-refractivity contribution in [1.82, 2.24) is 0 Å². The van der Waals surface area contributed by atoms with Crippen molar-refractivity contribution >= 4 is 17.2 Å². The summed E-state index contributed by atoms with van der Waals surface area (Å²) in [5, 5.41) is 0. The first-order valence-corrected chi connectivity index (χ1v) is 7.17. The quantitative estimate of drug-likeness (QED) is 0.566. The number of carbonyl (C=O) groups excluding carboxylic acids is 1. The van der Waals surface area contributed by atoms with Crippen LogP contribution >= 0.6 is 0 Å². The van der Waals surface area contributed by atoms with Crippen molar-refractivity contribution in [2.75, 3.05) is 11.5 Å². The first-order valence-electron chi connectivity index (χ1n) is 7.17. The monoisotopic (exact) mass is 304 g/mol. The fourth-order valence-corrected chi connectivity index (χ4v) is 2.26. The number of benzene rings is 3. The SMILES string of the molecule is Nc1cc(Oc2ccccc2)cc(C(=O)c2ccccc2)c1N. The molecule has 4 heteroatoms. The molecule has 3 rings (SSSR count). The van der Waals surface area contributed by atoms with Gasteiger partial charge in [0.2, 0.25) is 0 Å². The van der Waals surface area contributed by atoms with E-state index in [0.717, 1.165) is 0 Å². The highest BCUT2D eigenvalue weighted by atomic mass is 16.5. The van der Waals surface area contributed by atoms with Gasteiger partial charge < -0.3 is 16.2 Å². The first kappa shape index (κ1) is 14.7. The third kappa shape index (κ3) is 3.16. The summed E-state index contributed by atoms with van der Waals surface area (Å²) in [6, 6.07) is 21.4. The Labute approximate surface area is 134 Å². The van der Waals surface area contributed by atoms with Gasteiger partial charge in [0.15, 0.2) is 5.78 Å². The van der Waals surface area contributed by atoms with Crippen LogP contribution in [0.3, 0.4) is 0 Å². The van der Waals surface area contributed by atoms with Crippen LogP contribution in [0.15, 0.2) is 72.8 Å². The third-order valence-electron chi connectivity index (χ3n) is 3.45. The van der Waals surface area contributed by atoms with Crippen molar-refractivity contribution in [3.8, 4) is 11.5 Å². The van der Waals surface area contributed by atoms with Gasteiger partial charge in [-0.25, -0.2) is 0 Å². The van der Waals surface area contributed by atoms with Gasteiger partial charge in [0.05, 0.1) is 16.9 Å². The van der Waals surface area contributed by atoms with Crippen molar-refractivity contribution in [2.24, 2.45) is 0 Å². The molecule has 0 amide bonds. The number of ketones is 1. The summed E-state index contributed by atoms with van der Waals surface area (Å²) in [4.78, 5) is 12.6. The van der Waals surface area contributed by atoms with Gasteiger partial charge in [-0.15, -0.1) is 0 Å². The third-order valence-corrected chi connectivity index (χ3v) is 3.45. The maximum Gasteiger partial charge on any atom is 0.195 e. The number of hydrogen-bond acceptors (Lipinski definition) is 4. The molecule has 0 radical (unpaired) electrons. The minimum atomic E-state index is -0.187. The maximum atomic E-state index is 12.6. The van der Waals surface area contributed by atoms with E-state index in [4.69, 9.17) is 16.2 Å². The zero-order valence-corrected chi connectivity index (χ0v) is 12.4. The second kappa shape index (κ2) is 6.23. The average Bonchev–Trinajstić information content (AvgIpc) is 2.59. The highest BCUT2D eigenvalue weighted by Gasteiger charge is 2.16. The van der Waals surface area contributed by atoms with Crippen LogP contribution in [0, 0.1) is 0 Å². The van der Waals surface area contributed by atoms with Gasteiger partial charge in [-0.3, -0.25) is 4.79 Å². The molecule has 3 aromatic rings. The van der Waals surface area contributed by atoms with Crippen molar-refractivity contribution in [3.63, 3.8) is 0 Å². The Bertz CT molecular complexity index is 831. The molecule has 4 nitrogen and oxygen atoms in total. The lowest BCUT2D eigenvalue weighted by molar-refractivity contribution is 0.103. The fraction of sp³-hybridized carbons (Fsp3) is 0. The Morgan fingerprint density at radius 3 is 2.04 bits per heavy atom. The topological polar surface area (TPSA) is 78.3 Å². The summed E-state index contributed by atoms with van der Waals surface area (Å²) in [6.45, 7) is 0. The Morgan fingerprint density at radius 2 is 1.39 bits per heavy atom. The van der Waals surface area contributed by atoms with Gasteiger partial charge in [0, 0.05) is 11.6 Å². The average molecular weight is 304 g/mol. The lowest BCUT2D eigenvalue weighted by Gasteiger charge is -2.12. The van der Waals surface area contributed by atoms with Crippen LogP contribution in [0.2, 0.25) is 0 Å². The van der Waals surface area contributed by atoms with Gasteiger partial charge in [0.25, 0.3) is 0 Å². The van der Waals surface area contributed by atoms with Crippen LogP contribution < -0.4 is 16.2 Å². The van der Waals surface area contributed by atoms with Crippen LogP contribution in [0.1, 0.15) is 15.9 Å². The van der Waals surface area contributed by atoms with Crippen LogP contribution in [0.4, 0.5) is 11.4 Å². The van der Waals surface area contributed by atoms with E-state index in [9.17, 15) is 4.79 Å². The number of carbonyl (C=O) groups is 1.